The van der Waals surface area contributed by atoms with Gasteiger partial charge in [0.15, 0.2) is 0 Å². The number of fused-ring (bicyclic) bond motifs is 2. The van der Waals surface area contributed by atoms with Crippen LogP contribution in [0.15, 0.2) is 92.8 Å². The van der Waals surface area contributed by atoms with Crippen LogP contribution >= 0.6 is 0 Å². The molecule has 0 fully saturated rings. The third kappa shape index (κ3) is 18.7. The average molecular weight is 1200 g/mol. The first-order valence-corrected chi connectivity index (χ1v) is 30.9. The Hall–Kier alpha value is -8.16. The first kappa shape index (κ1) is 65.0. The Bertz CT molecular complexity index is 3320. The fourth-order valence-corrected chi connectivity index (χ4v) is 13.0. The largest absolute Gasteiger partial charge is 0.497 e. The number of nitrogens with one attached hydrogen (secondary N) is 9. The van der Waals surface area contributed by atoms with Crippen molar-refractivity contribution in [1.82, 2.24) is 46.0 Å². The summed E-state index contributed by atoms with van der Waals surface area (Å²) in [6.45, 7) is 12.6. The number of amides is 4. The van der Waals surface area contributed by atoms with Crippen molar-refractivity contribution < 1.29 is 45.5 Å². The van der Waals surface area contributed by atoms with Crippen molar-refractivity contribution in [3.05, 3.63) is 118 Å². The Morgan fingerprint density at radius 2 is 0.917 bits per heavy atom. The van der Waals surface area contributed by atoms with Gasteiger partial charge in [-0.1, -0.05) is 35.4 Å². The molecule has 0 saturated heterocycles. The van der Waals surface area contributed by atoms with Crippen molar-refractivity contribution in [1.29, 1.82) is 0 Å². The number of sulfonamides is 2. The third-order valence-electron chi connectivity index (χ3n) is 14.0. The number of nitrogens with zero attached hydrogens (tertiary/aromatic N) is 2. The van der Waals surface area contributed by atoms with E-state index in [4.69, 9.17) is 20.9 Å². The maximum atomic E-state index is 13.7. The zero-order chi connectivity index (χ0) is 61.1. The molecule has 2 atom stereocenters. The molecule has 25 heteroatoms. The first-order valence-electron chi connectivity index (χ1n) is 27.9. The van der Waals surface area contributed by atoms with Gasteiger partial charge in [0.1, 0.15) is 23.6 Å². The van der Waals surface area contributed by atoms with Gasteiger partial charge in [0, 0.05) is 60.4 Å². The lowest BCUT2D eigenvalue weighted by Crippen LogP contribution is -2.47. The minimum atomic E-state index is -4.02. The Kier molecular flexibility index (Phi) is 23.5. The van der Waals surface area contributed by atoms with E-state index in [2.05, 4.69) is 56.0 Å². The number of aromatic amines is 2. The van der Waals surface area contributed by atoms with Gasteiger partial charge in [-0.3, -0.25) is 29.2 Å². The number of ether oxygens (including phenoxy) is 2. The molecule has 0 radical (unpaired) electrons. The number of nitrogens with two attached hydrogens (primary N) is 2. The molecule has 0 bridgehead atoms. The molecule has 23 nitrogen and oxygen atoms in total. The quantitative estimate of drug-likeness (QED) is 0.0163. The number of carbonyl (C=O) groups excluding carboxylic acids is 4. The number of rotatable bonds is 31. The molecule has 2 heterocycles. The summed E-state index contributed by atoms with van der Waals surface area (Å²) in [6, 6.07) is 16.3. The Morgan fingerprint density at radius 3 is 1.32 bits per heavy atom. The second kappa shape index (κ2) is 30.4. The highest BCUT2D eigenvalue weighted by Gasteiger charge is 2.25. The number of aliphatic imine (C=N–C) groups is 2. The number of guanidine groups is 2. The van der Waals surface area contributed by atoms with Crippen LogP contribution in [0.25, 0.3) is 21.8 Å². The van der Waals surface area contributed by atoms with E-state index >= 15 is 0 Å². The van der Waals surface area contributed by atoms with Gasteiger partial charge in [-0.25, -0.2) is 26.3 Å². The van der Waals surface area contributed by atoms with E-state index in [9.17, 15) is 36.0 Å². The number of hydrogen-bond acceptors (Lipinski definition) is 13. The number of aryl methyl sites for hydroxylation is 6. The second-order valence-corrected chi connectivity index (χ2v) is 24.2. The number of methoxy groups -OCH3 is 2. The number of carbonyl (C=O) groups is 4. The van der Waals surface area contributed by atoms with E-state index in [1.54, 1.807) is 78.6 Å². The molecular formula is C59H81N13O10S2. The summed E-state index contributed by atoms with van der Waals surface area (Å²) in [4.78, 5) is 69.3. The molecule has 4 amide bonds. The lowest BCUT2D eigenvalue weighted by molar-refractivity contribution is -0.128. The molecule has 84 heavy (non-hydrogen) atoms. The minimum absolute atomic E-state index is 0.00618. The van der Waals surface area contributed by atoms with Crippen LogP contribution in [0.5, 0.6) is 11.5 Å². The normalized spacial score (nSPS) is 12.9. The molecule has 0 aliphatic heterocycles. The van der Waals surface area contributed by atoms with E-state index in [0.29, 0.717) is 92.0 Å². The number of unbranched alkanes of at least 4 members (excludes halogenated alkanes) is 1. The summed E-state index contributed by atoms with van der Waals surface area (Å²) in [5.74, 6) is -0.842. The van der Waals surface area contributed by atoms with Crippen LogP contribution < -0.4 is 57.0 Å². The van der Waals surface area contributed by atoms with E-state index in [1.165, 1.54) is 0 Å². The van der Waals surface area contributed by atoms with Crippen LogP contribution in [0.1, 0.15) is 89.5 Å². The third-order valence-corrected chi connectivity index (χ3v) is 17.3. The lowest BCUT2D eigenvalue weighted by Gasteiger charge is -2.19. The van der Waals surface area contributed by atoms with Gasteiger partial charge in [-0.15, -0.1) is 0 Å². The van der Waals surface area contributed by atoms with Gasteiger partial charge < -0.3 is 57.5 Å². The topological polar surface area (TPSA) is 348 Å². The Morgan fingerprint density at radius 1 is 0.536 bits per heavy atom. The molecular weight excluding hydrogens is 1110 g/mol. The highest BCUT2D eigenvalue weighted by atomic mass is 32.2. The van der Waals surface area contributed by atoms with E-state index in [0.717, 1.165) is 44.1 Å². The zero-order valence-corrected chi connectivity index (χ0v) is 50.8. The monoisotopic (exact) mass is 1200 g/mol. The molecule has 0 spiro atoms. The predicted octanol–water partition coefficient (Wildman–Crippen LogP) is 4.41. The highest BCUT2D eigenvalue weighted by Crippen LogP contribution is 2.27. The maximum Gasteiger partial charge on any atom is 0.264 e. The smallest absolute Gasteiger partial charge is 0.264 e. The maximum absolute atomic E-state index is 13.7. The standard InChI is InChI=1S/C59H81N13O10S2/c1-36-26-38(3)54(39(4)27-36)83(77,78)71-58(60)65-23-11-14-50(69-52(73)30-42-34-67-48-18-16-44(81-7)32-46(42)48)56(75)63-22-10-9-20-62-21-13-25-64-57(76)51(70-53(74)31-43-35-68-49-19-17-45(82-8)33-47(43)49)15-12-24-66-59(61)72-84(79,80)55-40(5)28-37(2)29-41(55)6/h16-19,26-29,32-35,50-51,62,67-68H,9-15,20-25,30-31H2,1-8H3,(H,63,75)(H,64,76)(H,69,73)(H,70,74)(H3,60,65,71)(H3,61,66,72)/t50-,51-/m1/s1. The lowest BCUT2D eigenvalue weighted by atomic mass is 10.1. The van der Waals surface area contributed by atoms with E-state index in [1.807, 2.05) is 50.2 Å². The summed E-state index contributed by atoms with van der Waals surface area (Å²) < 4.78 is 68.4. The fourth-order valence-electron chi connectivity index (χ4n) is 10.2. The molecule has 0 aliphatic carbocycles. The van der Waals surface area contributed by atoms with Crippen LogP contribution in [0.3, 0.4) is 0 Å². The summed E-state index contributed by atoms with van der Waals surface area (Å²) >= 11 is 0. The molecule has 0 aliphatic rings. The molecule has 454 valence electrons. The molecule has 0 unspecified atom stereocenters. The van der Waals surface area contributed by atoms with Gasteiger partial charge in [0.2, 0.25) is 35.5 Å². The highest BCUT2D eigenvalue weighted by molar-refractivity contribution is 7.90. The Balaban J connectivity index is 0.967. The van der Waals surface area contributed by atoms with Crippen LogP contribution in [0.2, 0.25) is 0 Å². The van der Waals surface area contributed by atoms with Crippen molar-refractivity contribution in [3.8, 4) is 11.5 Å². The molecule has 6 aromatic rings. The van der Waals surface area contributed by atoms with Crippen LogP contribution in [0, 0.1) is 41.5 Å². The Labute approximate surface area is 491 Å². The minimum Gasteiger partial charge on any atom is -0.497 e. The van der Waals surface area contributed by atoms with Gasteiger partial charge in [-0.2, -0.15) is 0 Å². The van der Waals surface area contributed by atoms with Crippen molar-refractivity contribution in [2.45, 2.75) is 121 Å². The average Bonchev–Trinajstić information content (AvgIpc) is 4.18. The van der Waals surface area contributed by atoms with Crippen LogP contribution in [-0.2, 0) is 52.1 Å². The van der Waals surface area contributed by atoms with Gasteiger partial charge >= 0.3 is 0 Å². The van der Waals surface area contributed by atoms with Gasteiger partial charge in [0.05, 0.1) is 36.9 Å². The SMILES string of the molecule is COc1ccc2[nH]cc(CC(=O)N[C@H](CCCN=C(N)NS(=O)(=O)c3c(C)cc(C)cc3C)C(=O)NCCCCNCCCNC(=O)[C@@H](CCCN=C(N)NS(=O)(=O)c3c(C)cc(C)cc3C)NC(=O)Cc3c[nH]c4ccc(OC)cc34)c2c1. The molecule has 13 N–H and O–H groups in total. The first-order chi connectivity index (χ1) is 40.0. The van der Waals surface area contributed by atoms with Crippen LogP contribution in [0.4, 0.5) is 0 Å². The summed E-state index contributed by atoms with van der Waals surface area (Å²) in [5, 5.41) is 16.6. The predicted molar refractivity (Wildman–Crippen MR) is 327 cm³/mol. The van der Waals surface area contributed by atoms with Crippen molar-refractivity contribution in [2.75, 3.05) is 53.5 Å². The van der Waals surface area contributed by atoms with Gasteiger partial charge in [0.25, 0.3) is 20.0 Å². The number of H-pyrrole nitrogens is 2. The molecule has 6 rings (SSSR count). The van der Waals surface area contributed by atoms with E-state index in [-0.39, 0.29) is 84.1 Å². The van der Waals surface area contributed by atoms with Crippen molar-refractivity contribution in [3.63, 3.8) is 0 Å². The summed E-state index contributed by atoms with van der Waals surface area (Å²) in [5.41, 5.74) is 19.3. The fraction of sp³-hybridized carbons (Fsp3) is 0.424. The molecule has 0 saturated carbocycles. The molecule has 2 aromatic heterocycles. The number of hydrogen-bond donors (Lipinski definition) is 11. The molecule has 4 aromatic carbocycles. The number of benzene rings is 4. The second-order valence-electron chi connectivity index (χ2n) is 20.9. The number of aromatic nitrogens is 2. The summed E-state index contributed by atoms with van der Waals surface area (Å²) in [7, 11) is -4.91. The van der Waals surface area contributed by atoms with Crippen molar-refractivity contribution in [2.24, 2.45) is 21.5 Å². The van der Waals surface area contributed by atoms with E-state index < -0.39 is 32.1 Å². The van der Waals surface area contributed by atoms with Crippen LogP contribution in [-0.4, -0.2) is 128 Å². The zero-order valence-electron chi connectivity index (χ0n) is 49.1. The van der Waals surface area contributed by atoms with Crippen molar-refractivity contribution >= 4 is 77.4 Å². The summed E-state index contributed by atoms with van der Waals surface area (Å²) in [6.07, 6.45) is 6.34. The van der Waals surface area contributed by atoms with Gasteiger partial charge in [-0.05, 0) is 169 Å².